The van der Waals surface area contributed by atoms with Gasteiger partial charge in [-0.05, 0) is 81.5 Å². The Morgan fingerprint density at radius 1 is 1.11 bits per heavy atom. The van der Waals surface area contributed by atoms with Crippen LogP contribution in [0.5, 0.6) is 0 Å². The summed E-state index contributed by atoms with van der Waals surface area (Å²) in [5.74, 6) is 1.13. The average molecular weight is 380 g/mol. The van der Waals surface area contributed by atoms with Crippen LogP contribution in [0.25, 0.3) is 0 Å². The standard InChI is InChI=1S/C20H30N2O4.H2O/c1-12(18(24)22-4-2-3-16(22)19(25)26)21-17(23)11-20-8-13-5-14(9-20)7-15(6-13)10-20;/h12-16H,2-11H2,1H3,(H,21,23)(H,25,26);1H2/t12-,13?,14?,15?,16-,20?;/m0./s1. The maximum atomic E-state index is 12.7. The van der Waals surface area contributed by atoms with Crippen LogP contribution in [-0.4, -0.2) is 51.9 Å². The Hall–Kier alpha value is -1.63. The van der Waals surface area contributed by atoms with E-state index in [-0.39, 0.29) is 22.7 Å². The van der Waals surface area contributed by atoms with Crippen LogP contribution in [0.15, 0.2) is 0 Å². The van der Waals surface area contributed by atoms with Crippen molar-refractivity contribution in [3.05, 3.63) is 0 Å². The van der Waals surface area contributed by atoms with Crippen LogP contribution < -0.4 is 5.32 Å². The van der Waals surface area contributed by atoms with Gasteiger partial charge in [0.05, 0.1) is 0 Å². The molecular formula is C20H32N2O5. The molecule has 7 heteroatoms. The van der Waals surface area contributed by atoms with Crippen LogP contribution in [-0.2, 0) is 14.4 Å². The number of nitrogens with one attached hydrogen (secondary N) is 1. The van der Waals surface area contributed by atoms with E-state index < -0.39 is 18.1 Å². The van der Waals surface area contributed by atoms with Crippen molar-refractivity contribution < 1.29 is 25.0 Å². The van der Waals surface area contributed by atoms with E-state index in [0.717, 1.165) is 17.8 Å². The first-order chi connectivity index (χ1) is 12.3. The summed E-state index contributed by atoms with van der Waals surface area (Å²) in [4.78, 5) is 38.0. The molecule has 4 bridgehead atoms. The van der Waals surface area contributed by atoms with Crippen molar-refractivity contribution in [3.8, 4) is 0 Å². The summed E-state index contributed by atoms with van der Waals surface area (Å²) in [6.07, 6.45) is 9.28. The largest absolute Gasteiger partial charge is 0.480 e. The Morgan fingerprint density at radius 2 is 1.67 bits per heavy atom. The van der Waals surface area contributed by atoms with Gasteiger partial charge in [-0.25, -0.2) is 4.79 Å². The molecule has 27 heavy (non-hydrogen) atoms. The fourth-order valence-corrected chi connectivity index (χ4v) is 6.74. The van der Waals surface area contributed by atoms with Crippen molar-refractivity contribution in [2.24, 2.45) is 23.2 Å². The van der Waals surface area contributed by atoms with E-state index in [4.69, 9.17) is 0 Å². The van der Waals surface area contributed by atoms with Gasteiger partial charge in [-0.1, -0.05) is 0 Å². The third-order valence-electron chi connectivity index (χ3n) is 7.27. The summed E-state index contributed by atoms with van der Waals surface area (Å²) in [5.41, 5.74) is 0.152. The first-order valence-electron chi connectivity index (χ1n) is 10.2. The first-order valence-corrected chi connectivity index (χ1v) is 10.2. The van der Waals surface area contributed by atoms with E-state index in [9.17, 15) is 19.5 Å². The minimum atomic E-state index is -0.956. The molecule has 152 valence electrons. The molecule has 0 radical (unpaired) electrons. The normalized spacial score (nSPS) is 37.6. The molecule has 7 nitrogen and oxygen atoms in total. The van der Waals surface area contributed by atoms with E-state index in [2.05, 4.69) is 5.32 Å². The molecule has 4 N–H and O–H groups in total. The number of aliphatic carboxylic acids is 1. The second-order valence-corrected chi connectivity index (χ2v) is 9.41. The van der Waals surface area contributed by atoms with Gasteiger partial charge in [0.1, 0.15) is 12.1 Å². The van der Waals surface area contributed by atoms with Crippen LogP contribution in [0, 0.1) is 23.2 Å². The highest BCUT2D eigenvalue weighted by atomic mass is 16.4. The third-order valence-corrected chi connectivity index (χ3v) is 7.27. The lowest BCUT2D eigenvalue weighted by Gasteiger charge is -2.56. The van der Waals surface area contributed by atoms with Crippen molar-refractivity contribution in [1.82, 2.24) is 10.2 Å². The molecule has 1 aliphatic heterocycles. The van der Waals surface area contributed by atoms with Crippen LogP contribution in [0.1, 0.15) is 64.7 Å². The third kappa shape index (κ3) is 3.84. The Bertz CT molecular complexity index is 584. The summed E-state index contributed by atoms with van der Waals surface area (Å²) >= 11 is 0. The van der Waals surface area contributed by atoms with Gasteiger partial charge in [-0.15, -0.1) is 0 Å². The highest BCUT2D eigenvalue weighted by Gasteiger charge is 2.51. The van der Waals surface area contributed by atoms with Gasteiger partial charge < -0.3 is 20.8 Å². The number of hydrogen-bond donors (Lipinski definition) is 2. The van der Waals surface area contributed by atoms with Crippen molar-refractivity contribution in [2.75, 3.05) is 6.54 Å². The molecule has 5 aliphatic rings. The first kappa shape index (κ1) is 20.1. The van der Waals surface area contributed by atoms with Gasteiger partial charge in [0, 0.05) is 13.0 Å². The van der Waals surface area contributed by atoms with E-state index in [0.29, 0.717) is 25.8 Å². The predicted octanol–water partition coefficient (Wildman–Crippen LogP) is 1.35. The number of rotatable bonds is 5. The fraction of sp³-hybridized carbons (Fsp3) is 0.850. The minimum absolute atomic E-state index is 0. The van der Waals surface area contributed by atoms with Gasteiger partial charge in [-0.3, -0.25) is 9.59 Å². The molecule has 5 fully saturated rings. The zero-order chi connectivity index (χ0) is 18.5. The molecule has 0 aromatic rings. The Balaban J connectivity index is 0.00000210. The van der Waals surface area contributed by atoms with E-state index in [1.807, 2.05) is 0 Å². The van der Waals surface area contributed by atoms with E-state index >= 15 is 0 Å². The van der Waals surface area contributed by atoms with Crippen molar-refractivity contribution >= 4 is 17.8 Å². The van der Waals surface area contributed by atoms with E-state index in [1.54, 1.807) is 6.92 Å². The number of likely N-dealkylation sites (tertiary alicyclic amines) is 1. The molecule has 4 saturated carbocycles. The summed E-state index contributed by atoms with van der Waals surface area (Å²) < 4.78 is 0. The zero-order valence-corrected chi connectivity index (χ0v) is 16.1. The van der Waals surface area contributed by atoms with Crippen LogP contribution >= 0.6 is 0 Å². The lowest BCUT2D eigenvalue weighted by atomic mass is 9.49. The molecule has 2 atom stereocenters. The lowest BCUT2D eigenvalue weighted by Crippen LogP contribution is -2.52. The van der Waals surface area contributed by atoms with Crippen molar-refractivity contribution in [2.45, 2.75) is 76.8 Å². The van der Waals surface area contributed by atoms with Crippen molar-refractivity contribution in [3.63, 3.8) is 0 Å². The SMILES string of the molecule is C[C@H](NC(=O)CC12CC3CC(CC(C3)C1)C2)C(=O)N1CCC[C@H]1C(=O)O.O. The molecule has 0 aromatic carbocycles. The quantitative estimate of drug-likeness (QED) is 0.748. The molecule has 1 heterocycles. The second-order valence-electron chi connectivity index (χ2n) is 9.41. The number of hydrogen-bond acceptors (Lipinski definition) is 3. The van der Waals surface area contributed by atoms with Crippen LogP contribution in [0.3, 0.4) is 0 Å². The second kappa shape index (κ2) is 7.41. The Labute approximate surface area is 160 Å². The lowest BCUT2D eigenvalue weighted by molar-refractivity contribution is -0.149. The molecule has 5 rings (SSSR count). The number of amides is 2. The highest BCUT2D eigenvalue weighted by molar-refractivity contribution is 5.90. The molecule has 2 amide bonds. The highest BCUT2D eigenvalue weighted by Crippen LogP contribution is 2.61. The smallest absolute Gasteiger partial charge is 0.326 e. The number of nitrogens with zero attached hydrogens (tertiary/aromatic N) is 1. The maximum Gasteiger partial charge on any atom is 0.326 e. The summed E-state index contributed by atoms with van der Waals surface area (Å²) in [6.45, 7) is 2.14. The minimum Gasteiger partial charge on any atom is -0.480 e. The molecule has 4 aliphatic carbocycles. The molecule has 0 spiro atoms. The fourth-order valence-electron chi connectivity index (χ4n) is 6.74. The zero-order valence-electron chi connectivity index (χ0n) is 16.1. The summed E-state index contributed by atoms with van der Waals surface area (Å²) in [5, 5.41) is 12.1. The van der Waals surface area contributed by atoms with Gasteiger partial charge >= 0.3 is 5.97 Å². The number of carbonyl (C=O) groups excluding carboxylic acids is 2. The number of carboxylic acid groups (broad SMARTS) is 1. The van der Waals surface area contributed by atoms with Gasteiger partial charge in [0.2, 0.25) is 11.8 Å². The number of carbonyl (C=O) groups is 3. The maximum absolute atomic E-state index is 12.7. The topological polar surface area (TPSA) is 118 Å². The Kier molecular flexibility index (Phi) is 5.52. The Morgan fingerprint density at radius 3 is 2.19 bits per heavy atom. The number of carboxylic acids is 1. The molecular weight excluding hydrogens is 348 g/mol. The summed E-state index contributed by atoms with van der Waals surface area (Å²) in [6, 6.07) is -1.40. The van der Waals surface area contributed by atoms with Gasteiger partial charge in [0.25, 0.3) is 0 Å². The van der Waals surface area contributed by atoms with Gasteiger partial charge in [-0.2, -0.15) is 0 Å². The average Bonchev–Trinajstić information content (AvgIpc) is 3.01. The molecule has 1 saturated heterocycles. The van der Waals surface area contributed by atoms with Crippen LogP contribution in [0.2, 0.25) is 0 Å². The monoisotopic (exact) mass is 380 g/mol. The van der Waals surface area contributed by atoms with Gasteiger partial charge in [0.15, 0.2) is 0 Å². The molecule has 0 aromatic heterocycles. The predicted molar refractivity (Wildman–Crippen MR) is 98.8 cm³/mol. The molecule has 0 unspecified atom stereocenters. The van der Waals surface area contributed by atoms with E-state index in [1.165, 1.54) is 43.4 Å². The summed E-state index contributed by atoms with van der Waals surface area (Å²) in [7, 11) is 0. The van der Waals surface area contributed by atoms with Crippen LogP contribution in [0.4, 0.5) is 0 Å². The van der Waals surface area contributed by atoms with Crippen molar-refractivity contribution in [1.29, 1.82) is 0 Å².